The number of hydrogen-bond acceptors (Lipinski definition) is 5. The maximum absolute atomic E-state index is 10.9. The number of fused-ring (bicyclic) bond motifs is 5. The fraction of sp³-hybridized carbons (Fsp3) is 0.455. The summed E-state index contributed by atoms with van der Waals surface area (Å²) in [7, 11) is 0. The number of rotatable bonds is 2. The third kappa shape index (κ3) is 1.47. The van der Waals surface area contributed by atoms with Gasteiger partial charge in [-0.15, -0.1) is 0 Å². The lowest BCUT2D eigenvalue weighted by Crippen LogP contribution is -2.28. The van der Waals surface area contributed by atoms with E-state index >= 15 is 0 Å². The number of nitrogens with zero attached hydrogens (tertiary/aromatic N) is 2. The molecule has 0 aromatic heterocycles. The summed E-state index contributed by atoms with van der Waals surface area (Å²) in [5.74, 6) is 0.497. The van der Waals surface area contributed by atoms with Crippen LogP contribution in [0.4, 0.5) is 11.4 Å². The highest BCUT2D eigenvalue weighted by Gasteiger charge is 2.38. The highest BCUT2D eigenvalue weighted by Crippen LogP contribution is 2.47. The highest BCUT2D eigenvalue weighted by molar-refractivity contribution is 5.60. The summed E-state index contributed by atoms with van der Waals surface area (Å²) in [4.78, 5) is 20.5. The number of hydrogen-bond donors (Lipinski definition) is 1. The van der Waals surface area contributed by atoms with Gasteiger partial charge in [0.15, 0.2) is 0 Å². The molecule has 2 bridgehead atoms. The third-order valence-electron chi connectivity index (χ3n) is 3.80. The van der Waals surface area contributed by atoms with E-state index in [9.17, 15) is 20.2 Å². The molecule has 1 aliphatic carbocycles. The largest absolute Gasteiger partial charge is 0.346 e. The Balaban J connectivity index is 2.20. The smallest absolute Gasteiger partial charge is 0.316 e. The predicted octanol–water partition coefficient (Wildman–Crippen LogP) is 1.68. The number of nitro benzene ring substituents is 2. The first-order valence-corrected chi connectivity index (χ1v) is 5.75. The predicted molar refractivity (Wildman–Crippen MR) is 62.7 cm³/mol. The summed E-state index contributed by atoms with van der Waals surface area (Å²) in [5, 5.41) is 25.1. The van der Waals surface area contributed by atoms with E-state index in [0.717, 1.165) is 30.6 Å². The van der Waals surface area contributed by atoms with Crippen molar-refractivity contribution in [2.45, 2.75) is 18.3 Å². The molecule has 1 fully saturated rings. The van der Waals surface area contributed by atoms with Crippen molar-refractivity contribution in [3.05, 3.63) is 43.5 Å². The molecular formula is C11H11N3O4. The zero-order valence-electron chi connectivity index (χ0n) is 9.46. The van der Waals surface area contributed by atoms with E-state index in [4.69, 9.17) is 0 Å². The summed E-state index contributed by atoms with van der Waals surface area (Å²) >= 11 is 0. The van der Waals surface area contributed by atoms with E-state index in [2.05, 4.69) is 5.32 Å². The first-order valence-electron chi connectivity index (χ1n) is 5.75. The molecule has 1 heterocycles. The number of nitro groups is 2. The molecule has 0 saturated carbocycles. The minimum atomic E-state index is -0.672. The Kier molecular flexibility index (Phi) is 2.30. The van der Waals surface area contributed by atoms with Gasteiger partial charge in [-0.25, -0.2) is 0 Å². The van der Waals surface area contributed by atoms with Gasteiger partial charge in [0.05, 0.1) is 9.85 Å². The molecule has 1 saturated heterocycles. The average Bonchev–Trinajstić information content (AvgIpc) is 2.59. The van der Waals surface area contributed by atoms with Crippen molar-refractivity contribution in [2.24, 2.45) is 0 Å². The molecule has 7 heteroatoms. The van der Waals surface area contributed by atoms with Crippen LogP contribution in [0.15, 0.2) is 12.1 Å². The Labute approximate surface area is 102 Å². The van der Waals surface area contributed by atoms with Crippen molar-refractivity contribution >= 4 is 11.4 Å². The zero-order valence-corrected chi connectivity index (χ0v) is 9.46. The maximum Gasteiger partial charge on any atom is 0.346 e. The molecule has 0 amide bonds. The van der Waals surface area contributed by atoms with Crippen molar-refractivity contribution < 1.29 is 9.85 Å². The second-order valence-electron chi connectivity index (χ2n) is 4.77. The summed E-state index contributed by atoms with van der Waals surface area (Å²) in [6, 6.07) is 2.79. The molecule has 7 nitrogen and oxygen atoms in total. The van der Waals surface area contributed by atoms with Crippen LogP contribution in [0.25, 0.3) is 0 Å². The molecule has 3 rings (SSSR count). The summed E-state index contributed by atoms with van der Waals surface area (Å²) < 4.78 is 0. The fourth-order valence-electron chi connectivity index (χ4n) is 3.02. The van der Waals surface area contributed by atoms with Gasteiger partial charge in [0, 0.05) is 25.2 Å². The topological polar surface area (TPSA) is 98.3 Å². The van der Waals surface area contributed by atoms with Crippen molar-refractivity contribution in [1.29, 1.82) is 0 Å². The second kappa shape index (κ2) is 3.74. The summed E-state index contributed by atoms with van der Waals surface area (Å²) in [6.07, 6.45) is 0.931. The molecule has 18 heavy (non-hydrogen) atoms. The molecule has 2 aliphatic rings. The monoisotopic (exact) mass is 249 g/mol. The van der Waals surface area contributed by atoms with Gasteiger partial charge in [-0.3, -0.25) is 20.2 Å². The minimum absolute atomic E-state index is 0.248. The highest BCUT2D eigenvalue weighted by atomic mass is 16.6. The lowest BCUT2D eigenvalue weighted by molar-refractivity contribution is -0.422. The lowest BCUT2D eigenvalue weighted by Gasteiger charge is -2.19. The Hall–Kier alpha value is -2.02. The van der Waals surface area contributed by atoms with Gasteiger partial charge >= 0.3 is 11.4 Å². The van der Waals surface area contributed by atoms with Crippen molar-refractivity contribution in [3.8, 4) is 0 Å². The van der Waals surface area contributed by atoms with E-state index in [1.807, 2.05) is 0 Å². The number of nitrogens with one attached hydrogen (secondary N) is 1. The van der Waals surface area contributed by atoms with Crippen LogP contribution < -0.4 is 5.32 Å². The second-order valence-corrected chi connectivity index (χ2v) is 4.77. The normalized spacial score (nSPS) is 24.7. The van der Waals surface area contributed by atoms with Crippen LogP contribution in [0.5, 0.6) is 0 Å². The zero-order chi connectivity index (χ0) is 12.9. The van der Waals surface area contributed by atoms with Crippen LogP contribution in [0.1, 0.15) is 29.4 Å². The van der Waals surface area contributed by atoms with E-state index in [-0.39, 0.29) is 11.8 Å². The van der Waals surface area contributed by atoms with E-state index < -0.39 is 21.2 Å². The number of benzene rings is 1. The molecule has 94 valence electrons. The van der Waals surface area contributed by atoms with Gasteiger partial charge in [0.2, 0.25) is 0 Å². The van der Waals surface area contributed by atoms with Gasteiger partial charge in [0.1, 0.15) is 0 Å². The summed E-state index contributed by atoms with van der Waals surface area (Å²) in [6.45, 7) is 1.58. The molecule has 0 spiro atoms. The molecule has 2 atom stereocenters. The van der Waals surface area contributed by atoms with Crippen LogP contribution in [0.2, 0.25) is 0 Å². The van der Waals surface area contributed by atoms with Crippen LogP contribution >= 0.6 is 0 Å². The molecule has 1 aliphatic heterocycles. The maximum atomic E-state index is 10.9. The van der Waals surface area contributed by atoms with E-state index in [1.54, 1.807) is 0 Å². The summed E-state index contributed by atoms with van der Waals surface area (Å²) in [5.41, 5.74) is 1.02. The van der Waals surface area contributed by atoms with Gasteiger partial charge in [-0.1, -0.05) is 0 Å². The standard InChI is InChI=1S/C11H11N3O4/c15-13(16)10-2-8-6-1-7(5-12-4-6)9(8)3-11(10)14(17)18/h2-3,6-7,12H,1,4-5H2/t6-,7-/m0/s1. The van der Waals surface area contributed by atoms with Crippen LogP contribution in [-0.4, -0.2) is 22.9 Å². The van der Waals surface area contributed by atoms with Crippen molar-refractivity contribution in [2.75, 3.05) is 13.1 Å². The van der Waals surface area contributed by atoms with E-state index in [1.165, 1.54) is 12.1 Å². The molecule has 1 aromatic rings. The average molecular weight is 249 g/mol. The van der Waals surface area contributed by atoms with E-state index in [0.29, 0.717) is 0 Å². The Bertz CT molecular complexity index is 510. The molecule has 0 unspecified atom stereocenters. The first-order chi connectivity index (χ1) is 8.58. The van der Waals surface area contributed by atoms with Gasteiger partial charge in [0.25, 0.3) is 0 Å². The van der Waals surface area contributed by atoms with Gasteiger partial charge < -0.3 is 5.32 Å². The molecule has 0 radical (unpaired) electrons. The number of piperidine rings is 1. The Morgan fingerprint density at radius 1 is 1.00 bits per heavy atom. The molecule has 1 aromatic carbocycles. The molecule has 1 N–H and O–H groups in total. The third-order valence-corrected chi connectivity index (χ3v) is 3.80. The van der Waals surface area contributed by atoms with Crippen LogP contribution in [0, 0.1) is 20.2 Å². The Morgan fingerprint density at radius 2 is 1.44 bits per heavy atom. The quantitative estimate of drug-likeness (QED) is 0.635. The van der Waals surface area contributed by atoms with Gasteiger partial charge in [-0.05, 0) is 29.4 Å². The molecular weight excluding hydrogens is 238 g/mol. The van der Waals surface area contributed by atoms with Crippen molar-refractivity contribution in [3.63, 3.8) is 0 Å². The fourth-order valence-corrected chi connectivity index (χ4v) is 3.02. The first kappa shape index (κ1) is 11.1. The van der Waals surface area contributed by atoms with Gasteiger partial charge in [-0.2, -0.15) is 0 Å². The van der Waals surface area contributed by atoms with Crippen molar-refractivity contribution in [1.82, 2.24) is 5.32 Å². The lowest BCUT2D eigenvalue weighted by atomic mass is 9.98. The van der Waals surface area contributed by atoms with Crippen LogP contribution in [-0.2, 0) is 0 Å². The van der Waals surface area contributed by atoms with Crippen LogP contribution in [0.3, 0.4) is 0 Å². The SMILES string of the molecule is O=[N+]([O-])c1cc2c(cc1[N+](=O)[O-])[C@@H]1CNC[C@@H]2C1. The Morgan fingerprint density at radius 3 is 1.83 bits per heavy atom. The minimum Gasteiger partial charge on any atom is -0.316 e.